The van der Waals surface area contributed by atoms with Crippen molar-refractivity contribution in [2.24, 2.45) is 0 Å². The third kappa shape index (κ3) is 3.71. The van der Waals surface area contributed by atoms with Crippen molar-refractivity contribution in [1.29, 1.82) is 0 Å². The fraction of sp³-hybridized carbons (Fsp3) is 0.160. The third-order valence-electron chi connectivity index (χ3n) is 5.92. The Morgan fingerprint density at radius 2 is 1.61 bits per heavy atom. The predicted octanol–water partition coefficient (Wildman–Crippen LogP) is 7.11. The lowest BCUT2D eigenvalue weighted by atomic mass is 9.78. The first-order valence-corrected chi connectivity index (χ1v) is 10.8. The molecular weight excluding hydrogens is 434 g/mol. The number of rotatable bonds is 2. The molecule has 2 atom stereocenters. The second-order valence-corrected chi connectivity index (χ2v) is 8.70. The Kier molecular flexibility index (Phi) is 5.20. The molecule has 1 aliphatic heterocycles. The van der Waals surface area contributed by atoms with E-state index >= 15 is 0 Å². The zero-order chi connectivity index (χ0) is 21.5. The van der Waals surface area contributed by atoms with Gasteiger partial charge in [0.2, 0.25) is 0 Å². The van der Waals surface area contributed by atoms with Gasteiger partial charge in [-0.25, -0.2) is 4.39 Å². The van der Waals surface area contributed by atoms with E-state index in [4.69, 9.17) is 23.2 Å². The van der Waals surface area contributed by atoms with E-state index in [0.717, 1.165) is 22.6 Å². The van der Waals surface area contributed by atoms with Gasteiger partial charge >= 0.3 is 0 Å². The molecule has 6 heteroatoms. The van der Waals surface area contributed by atoms with Crippen LogP contribution in [-0.2, 0) is 4.79 Å². The van der Waals surface area contributed by atoms with Crippen molar-refractivity contribution >= 4 is 40.4 Å². The second-order valence-electron chi connectivity index (χ2n) is 7.86. The number of hydrogen-bond donors (Lipinski definition) is 2. The van der Waals surface area contributed by atoms with Gasteiger partial charge < -0.3 is 10.6 Å². The van der Waals surface area contributed by atoms with Gasteiger partial charge in [-0.05, 0) is 48.4 Å². The number of carbonyl (C=O) groups excluding carboxylic acids is 1. The number of para-hydroxylation sites is 2. The van der Waals surface area contributed by atoms with Crippen molar-refractivity contribution in [3.05, 3.63) is 105 Å². The third-order valence-corrected chi connectivity index (χ3v) is 6.50. The van der Waals surface area contributed by atoms with Gasteiger partial charge in [0.1, 0.15) is 5.82 Å². The van der Waals surface area contributed by atoms with E-state index in [-0.39, 0.29) is 30.0 Å². The van der Waals surface area contributed by atoms with Crippen molar-refractivity contribution in [3.8, 4) is 0 Å². The number of fused-ring (bicyclic) bond motifs is 1. The van der Waals surface area contributed by atoms with Gasteiger partial charge in [-0.3, -0.25) is 4.79 Å². The van der Waals surface area contributed by atoms with E-state index in [1.807, 2.05) is 48.5 Å². The van der Waals surface area contributed by atoms with Crippen molar-refractivity contribution in [1.82, 2.24) is 0 Å². The summed E-state index contributed by atoms with van der Waals surface area (Å²) >= 11 is 12.4. The van der Waals surface area contributed by atoms with Crippen LogP contribution in [0.3, 0.4) is 0 Å². The van der Waals surface area contributed by atoms with E-state index in [1.54, 1.807) is 12.1 Å². The van der Waals surface area contributed by atoms with Crippen LogP contribution >= 0.6 is 23.2 Å². The largest absolute Gasteiger partial charge is 0.372 e. The maximum atomic E-state index is 14.6. The fourth-order valence-electron chi connectivity index (χ4n) is 4.50. The smallest absolute Gasteiger partial charge is 0.163 e. The minimum atomic E-state index is -0.379. The molecule has 5 rings (SSSR count). The van der Waals surface area contributed by atoms with E-state index in [1.165, 1.54) is 6.07 Å². The molecular formula is C25H19Cl2FN2O. The number of anilines is 2. The van der Waals surface area contributed by atoms with Crippen molar-refractivity contribution in [2.75, 3.05) is 10.6 Å². The van der Waals surface area contributed by atoms with Crippen LogP contribution in [0, 0.1) is 5.82 Å². The van der Waals surface area contributed by atoms with Gasteiger partial charge in [-0.15, -0.1) is 0 Å². The summed E-state index contributed by atoms with van der Waals surface area (Å²) in [5.41, 5.74) is 4.57. The molecule has 0 amide bonds. The monoisotopic (exact) mass is 452 g/mol. The van der Waals surface area contributed by atoms with Gasteiger partial charge in [0.25, 0.3) is 0 Å². The summed E-state index contributed by atoms with van der Waals surface area (Å²) < 4.78 is 14.6. The minimum absolute atomic E-state index is 0.0293. The van der Waals surface area contributed by atoms with Crippen LogP contribution in [-0.4, -0.2) is 5.78 Å². The Balaban J connectivity index is 1.63. The zero-order valence-electron chi connectivity index (χ0n) is 16.5. The molecule has 3 nitrogen and oxygen atoms in total. The molecule has 156 valence electrons. The summed E-state index contributed by atoms with van der Waals surface area (Å²) in [5, 5.41) is 7.95. The highest BCUT2D eigenvalue weighted by Gasteiger charge is 2.37. The fourth-order valence-corrected chi connectivity index (χ4v) is 4.95. The lowest BCUT2D eigenvalue weighted by molar-refractivity contribution is -0.116. The highest BCUT2D eigenvalue weighted by atomic mass is 35.5. The first kappa shape index (κ1) is 20.1. The van der Waals surface area contributed by atoms with Crippen LogP contribution in [0.2, 0.25) is 10.0 Å². The summed E-state index contributed by atoms with van der Waals surface area (Å²) in [6, 6.07) is 19.6. The molecule has 0 aromatic heterocycles. The summed E-state index contributed by atoms with van der Waals surface area (Å²) in [6.45, 7) is 0. The molecule has 1 heterocycles. The lowest BCUT2D eigenvalue weighted by Gasteiger charge is -2.30. The molecule has 0 radical (unpaired) electrons. The van der Waals surface area contributed by atoms with Crippen LogP contribution in [0.4, 0.5) is 15.8 Å². The highest BCUT2D eigenvalue weighted by Crippen LogP contribution is 2.45. The summed E-state index contributed by atoms with van der Waals surface area (Å²) in [4.78, 5) is 13.5. The number of hydrogen-bond acceptors (Lipinski definition) is 3. The topological polar surface area (TPSA) is 41.1 Å². The zero-order valence-corrected chi connectivity index (χ0v) is 18.0. The second kappa shape index (κ2) is 8.03. The number of ketones is 1. The van der Waals surface area contributed by atoms with Gasteiger partial charge in [-0.2, -0.15) is 0 Å². The molecule has 2 aliphatic rings. The van der Waals surface area contributed by atoms with Crippen molar-refractivity contribution < 1.29 is 9.18 Å². The maximum Gasteiger partial charge on any atom is 0.163 e. The van der Waals surface area contributed by atoms with Gasteiger partial charge in [0.05, 0.1) is 17.4 Å². The minimum Gasteiger partial charge on any atom is -0.372 e. The lowest BCUT2D eigenvalue weighted by Crippen LogP contribution is -2.27. The van der Waals surface area contributed by atoms with Crippen LogP contribution in [0.25, 0.3) is 0 Å². The van der Waals surface area contributed by atoms with Gasteiger partial charge in [-0.1, -0.05) is 53.5 Å². The Bertz CT molecular complexity index is 1190. The normalized spacial score (nSPS) is 20.3. The number of carbonyl (C=O) groups is 1. The van der Waals surface area contributed by atoms with E-state index in [0.29, 0.717) is 27.6 Å². The Labute approximate surface area is 189 Å². The first-order chi connectivity index (χ1) is 15.0. The standard InChI is InChI=1S/C25H19Cl2FN2O/c26-16-10-8-14(9-11-16)25-24-21(29-19-6-1-2-7-20(19)30-25)12-15(13-22(24)31)23-17(27)4-3-5-18(23)28/h1-11,15,25,29-30H,12-13H2. The van der Waals surface area contributed by atoms with Crippen LogP contribution in [0.5, 0.6) is 0 Å². The molecule has 2 unspecified atom stereocenters. The van der Waals surface area contributed by atoms with Gasteiger partial charge in [0, 0.05) is 39.2 Å². The Morgan fingerprint density at radius 3 is 2.35 bits per heavy atom. The van der Waals surface area contributed by atoms with Crippen LogP contribution in [0.1, 0.15) is 35.9 Å². The average molecular weight is 453 g/mol. The molecule has 0 saturated heterocycles. The van der Waals surface area contributed by atoms with Crippen molar-refractivity contribution in [2.45, 2.75) is 24.8 Å². The highest BCUT2D eigenvalue weighted by molar-refractivity contribution is 6.31. The van der Waals surface area contributed by atoms with Crippen LogP contribution < -0.4 is 10.6 Å². The van der Waals surface area contributed by atoms with E-state index < -0.39 is 0 Å². The average Bonchev–Trinajstić information content (AvgIpc) is 2.91. The molecule has 1 aliphatic carbocycles. The summed E-state index contributed by atoms with van der Waals surface area (Å²) in [7, 11) is 0. The number of benzene rings is 3. The summed E-state index contributed by atoms with van der Waals surface area (Å²) in [6.07, 6.45) is 0.686. The Hall–Kier alpha value is -2.82. The number of halogens is 3. The Morgan fingerprint density at radius 1 is 0.871 bits per heavy atom. The SMILES string of the molecule is O=C1CC(c2c(F)cccc2Cl)CC2=C1C(c1ccc(Cl)cc1)Nc1ccccc1N2. The first-order valence-electron chi connectivity index (χ1n) is 10.1. The molecule has 3 aromatic rings. The maximum absolute atomic E-state index is 14.6. The molecule has 3 aromatic carbocycles. The molecule has 2 N–H and O–H groups in total. The molecule has 0 bridgehead atoms. The van der Waals surface area contributed by atoms with Crippen molar-refractivity contribution in [3.63, 3.8) is 0 Å². The number of Topliss-reactive ketones (excluding diaryl/α,β-unsaturated/α-hetero) is 1. The van der Waals surface area contributed by atoms with E-state index in [2.05, 4.69) is 10.6 Å². The summed E-state index contributed by atoms with van der Waals surface area (Å²) in [5.74, 6) is -0.738. The molecule has 0 fully saturated rings. The molecule has 0 spiro atoms. The number of nitrogens with one attached hydrogen (secondary N) is 2. The molecule has 31 heavy (non-hydrogen) atoms. The number of allylic oxidation sites excluding steroid dienone is 1. The van der Waals surface area contributed by atoms with Crippen LogP contribution in [0.15, 0.2) is 78.0 Å². The quantitative estimate of drug-likeness (QED) is 0.435. The predicted molar refractivity (Wildman–Crippen MR) is 123 cm³/mol. The molecule has 0 saturated carbocycles. The van der Waals surface area contributed by atoms with E-state index in [9.17, 15) is 9.18 Å². The van der Waals surface area contributed by atoms with Gasteiger partial charge in [0.15, 0.2) is 5.78 Å².